The van der Waals surface area contributed by atoms with Gasteiger partial charge in [0.2, 0.25) is 5.91 Å². The lowest BCUT2D eigenvalue weighted by Gasteiger charge is -2.32. The smallest absolute Gasteiger partial charge is 0.326 e. The summed E-state index contributed by atoms with van der Waals surface area (Å²) in [7, 11) is 0. The number of nitrogens with one attached hydrogen (secondary N) is 1. The molecule has 1 aliphatic heterocycles. The summed E-state index contributed by atoms with van der Waals surface area (Å²) in [5.41, 5.74) is 2.27. The highest BCUT2D eigenvalue weighted by Gasteiger charge is 2.25. The summed E-state index contributed by atoms with van der Waals surface area (Å²) in [6.07, 6.45) is 4.03. The van der Waals surface area contributed by atoms with Crippen LogP contribution in [0.2, 0.25) is 0 Å². The minimum Gasteiger partial charge on any atom is -0.343 e. The number of imidazole rings is 1. The molecule has 0 unspecified atom stereocenters. The van der Waals surface area contributed by atoms with Gasteiger partial charge in [0.05, 0.1) is 28.3 Å². The van der Waals surface area contributed by atoms with Crippen molar-refractivity contribution < 1.29 is 4.79 Å². The monoisotopic (exact) mass is 431 g/mol. The summed E-state index contributed by atoms with van der Waals surface area (Å²) in [4.78, 5) is 46.8. The number of aromatic nitrogens is 4. The molecule has 1 aliphatic rings. The molecule has 32 heavy (non-hydrogen) atoms. The lowest BCUT2D eigenvalue weighted by atomic mass is 10.0. The van der Waals surface area contributed by atoms with Gasteiger partial charge in [0, 0.05) is 32.1 Å². The zero-order chi connectivity index (χ0) is 22.1. The van der Waals surface area contributed by atoms with Gasteiger partial charge in [0.25, 0.3) is 5.56 Å². The summed E-state index contributed by atoms with van der Waals surface area (Å²) in [5.74, 6) is 0.0940. The van der Waals surface area contributed by atoms with Crippen molar-refractivity contribution in [3.05, 3.63) is 75.7 Å². The largest absolute Gasteiger partial charge is 0.343 e. The Kier molecular flexibility index (Phi) is 5.34. The van der Waals surface area contributed by atoms with Gasteiger partial charge in [-0.3, -0.25) is 18.7 Å². The second kappa shape index (κ2) is 8.45. The van der Waals surface area contributed by atoms with Gasteiger partial charge in [-0.25, -0.2) is 9.78 Å². The normalized spacial score (nSPS) is 14.9. The first kappa shape index (κ1) is 20.2. The van der Waals surface area contributed by atoms with E-state index >= 15 is 0 Å². The van der Waals surface area contributed by atoms with Crippen molar-refractivity contribution in [2.75, 3.05) is 13.1 Å². The van der Waals surface area contributed by atoms with Crippen molar-refractivity contribution >= 4 is 27.8 Å². The minimum absolute atomic E-state index is 0.0759. The maximum Gasteiger partial charge on any atom is 0.326 e. The van der Waals surface area contributed by atoms with Crippen molar-refractivity contribution in [1.82, 2.24) is 24.0 Å². The predicted molar refractivity (Wildman–Crippen MR) is 123 cm³/mol. The van der Waals surface area contributed by atoms with Crippen LogP contribution in [-0.4, -0.2) is 43.0 Å². The highest BCUT2D eigenvalue weighted by atomic mass is 16.2. The molecule has 2 aromatic carbocycles. The van der Waals surface area contributed by atoms with Gasteiger partial charge in [-0.1, -0.05) is 24.3 Å². The number of aryl methyl sites for hydroxylation is 1. The van der Waals surface area contributed by atoms with E-state index in [2.05, 4.69) is 9.97 Å². The van der Waals surface area contributed by atoms with E-state index in [0.717, 1.165) is 23.9 Å². The number of amides is 1. The molecule has 164 valence electrons. The molecule has 8 heteroatoms. The average molecular weight is 431 g/mol. The number of hydrogen-bond acceptors (Lipinski definition) is 4. The van der Waals surface area contributed by atoms with Gasteiger partial charge in [-0.15, -0.1) is 0 Å². The summed E-state index contributed by atoms with van der Waals surface area (Å²) in [6.45, 7) is 1.73. The van der Waals surface area contributed by atoms with Crippen LogP contribution in [0.5, 0.6) is 0 Å². The third-order valence-electron chi connectivity index (χ3n) is 6.33. The van der Waals surface area contributed by atoms with Crippen LogP contribution in [0.4, 0.5) is 0 Å². The maximum absolute atomic E-state index is 12.7. The number of carbonyl (C=O) groups is 1. The molecular weight excluding hydrogens is 406 g/mol. The molecule has 1 fully saturated rings. The maximum atomic E-state index is 12.7. The molecule has 3 heterocycles. The zero-order valence-electron chi connectivity index (χ0n) is 17.7. The average Bonchev–Trinajstić information content (AvgIpc) is 3.16. The Morgan fingerprint density at radius 2 is 1.78 bits per heavy atom. The Bertz CT molecular complexity index is 1390. The molecule has 2 aromatic heterocycles. The molecule has 1 N–H and O–H groups in total. The molecule has 1 saturated heterocycles. The first-order valence-corrected chi connectivity index (χ1v) is 11.0. The van der Waals surface area contributed by atoms with Gasteiger partial charge in [0.1, 0.15) is 0 Å². The number of para-hydroxylation sites is 3. The highest BCUT2D eigenvalue weighted by Crippen LogP contribution is 2.25. The van der Waals surface area contributed by atoms with Crippen LogP contribution in [0.15, 0.2) is 64.4 Å². The molecule has 8 nitrogen and oxygen atoms in total. The molecular formula is C24H25N5O3. The standard InChI is InChI=1S/C24H25N5O3/c30-22(10-5-13-28-16-25-19-7-2-1-6-18(19)23(28)31)27-14-11-17(12-15-27)29-21-9-4-3-8-20(21)26-24(29)32/h1-4,6-9,16-17H,5,10-15H2,(H,26,32). The third kappa shape index (κ3) is 3.72. The van der Waals surface area contributed by atoms with Crippen LogP contribution in [0.3, 0.4) is 0 Å². The van der Waals surface area contributed by atoms with Crippen molar-refractivity contribution in [2.24, 2.45) is 0 Å². The lowest BCUT2D eigenvalue weighted by Crippen LogP contribution is -2.40. The Hall–Kier alpha value is -3.68. The van der Waals surface area contributed by atoms with Crippen molar-refractivity contribution in [2.45, 2.75) is 38.3 Å². The SMILES string of the molecule is O=C(CCCn1cnc2ccccc2c1=O)N1CCC(n2c(=O)[nH]c3ccccc32)CC1. The van der Waals surface area contributed by atoms with E-state index in [4.69, 9.17) is 0 Å². The zero-order valence-corrected chi connectivity index (χ0v) is 17.7. The fourth-order valence-electron chi connectivity index (χ4n) is 4.63. The summed E-state index contributed by atoms with van der Waals surface area (Å²) in [6, 6.07) is 15.1. The number of aromatic amines is 1. The quantitative estimate of drug-likeness (QED) is 0.526. The van der Waals surface area contributed by atoms with E-state index < -0.39 is 0 Å². The first-order chi connectivity index (χ1) is 15.6. The Morgan fingerprint density at radius 3 is 2.62 bits per heavy atom. The molecule has 0 atom stereocenters. The van der Waals surface area contributed by atoms with Crippen LogP contribution in [0.1, 0.15) is 31.7 Å². The number of piperidine rings is 1. The van der Waals surface area contributed by atoms with E-state index in [-0.39, 0.29) is 23.2 Å². The number of likely N-dealkylation sites (tertiary alicyclic amines) is 1. The Morgan fingerprint density at radius 1 is 1.03 bits per heavy atom. The van der Waals surface area contributed by atoms with Crippen molar-refractivity contribution in [3.63, 3.8) is 0 Å². The molecule has 0 radical (unpaired) electrons. The van der Waals surface area contributed by atoms with Gasteiger partial charge >= 0.3 is 5.69 Å². The minimum atomic E-state index is -0.0922. The van der Waals surface area contributed by atoms with E-state index in [9.17, 15) is 14.4 Å². The molecule has 0 saturated carbocycles. The van der Waals surface area contributed by atoms with Crippen LogP contribution in [0.25, 0.3) is 21.9 Å². The van der Waals surface area contributed by atoms with Gasteiger partial charge in [-0.05, 0) is 43.5 Å². The molecule has 0 bridgehead atoms. The predicted octanol–water partition coefficient (Wildman–Crippen LogP) is 2.68. The van der Waals surface area contributed by atoms with Crippen molar-refractivity contribution in [1.29, 1.82) is 0 Å². The number of hydrogen-bond donors (Lipinski definition) is 1. The van der Waals surface area contributed by atoms with Gasteiger partial charge in [-0.2, -0.15) is 0 Å². The Labute approximate surface area is 184 Å². The van der Waals surface area contributed by atoms with E-state index in [1.165, 1.54) is 0 Å². The number of carbonyl (C=O) groups excluding carboxylic acids is 1. The van der Waals surface area contributed by atoms with Gasteiger partial charge < -0.3 is 9.88 Å². The summed E-state index contributed by atoms with van der Waals surface area (Å²) in [5, 5.41) is 0.593. The molecule has 0 aliphatic carbocycles. The number of rotatable bonds is 5. The second-order valence-corrected chi connectivity index (χ2v) is 8.29. The number of benzene rings is 2. The number of H-pyrrole nitrogens is 1. The third-order valence-corrected chi connectivity index (χ3v) is 6.33. The van der Waals surface area contributed by atoms with Crippen LogP contribution in [-0.2, 0) is 11.3 Å². The van der Waals surface area contributed by atoms with Crippen molar-refractivity contribution in [3.8, 4) is 0 Å². The molecule has 1 amide bonds. The number of nitrogens with zero attached hydrogens (tertiary/aromatic N) is 4. The van der Waals surface area contributed by atoms with E-state index in [0.29, 0.717) is 43.4 Å². The fraction of sp³-hybridized carbons (Fsp3) is 0.333. The van der Waals surface area contributed by atoms with Gasteiger partial charge in [0.15, 0.2) is 0 Å². The summed E-state index contributed by atoms with van der Waals surface area (Å²) >= 11 is 0. The molecule has 5 rings (SSSR count). The Balaban J connectivity index is 1.18. The second-order valence-electron chi connectivity index (χ2n) is 8.29. The first-order valence-electron chi connectivity index (χ1n) is 11.0. The topological polar surface area (TPSA) is 93.0 Å². The lowest BCUT2D eigenvalue weighted by molar-refractivity contribution is -0.132. The highest BCUT2D eigenvalue weighted by molar-refractivity contribution is 5.77. The van der Waals surface area contributed by atoms with E-state index in [1.54, 1.807) is 17.0 Å². The number of fused-ring (bicyclic) bond motifs is 2. The molecule has 0 spiro atoms. The fourth-order valence-corrected chi connectivity index (χ4v) is 4.63. The van der Waals surface area contributed by atoms with Crippen LogP contribution < -0.4 is 11.2 Å². The summed E-state index contributed by atoms with van der Waals surface area (Å²) < 4.78 is 3.40. The van der Waals surface area contributed by atoms with E-state index in [1.807, 2.05) is 51.9 Å². The molecule has 4 aromatic rings. The van der Waals surface area contributed by atoms with Crippen LogP contribution in [0, 0.1) is 0 Å². The van der Waals surface area contributed by atoms with Crippen LogP contribution >= 0.6 is 0 Å².